The maximum Gasteiger partial charge on any atom is 0.161 e. The van der Waals surface area contributed by atoms with Gasteiger partial charge in [-0.1, -0.05) is 96.1 Å². The molecule has 0 unspecified atom stereocenters. The van der Waals surface area contributed by atoms with Crippen LogP contribution < -0.4 is 0 Å². The molecule has 0 saturated carbocycles. The van der Waals surface area contributed by atoms with Gasteiger partial charge in [0.2, 0.25) is 0 Å². The number of aromatic nitrogens is 2. The Morgan fingerprint density at radius 2 is 1.55 bits per heavy atom. The quantitative estimate of drug-likeness (QED) is 0.282. The molecule has 0 bridgehead atoms. The minimum Gasteiger partial charge on any atom is -0.228 e. The average molecular weight is 396 g/mol. The fourth-order valence-electron chi connectivity index (χ4n) is 3.88. The lowest BCUT2D eigenvalue weighted by molar-refractivity contribution is 1.11. The van der Waals surface area contributed by atoms with E-state index in [0.29, 0.717) is 18.7 Å². The molecule has 4 aromatic rings. The van der Waals surface area contributed by atoms with Crippen LogP contribution in [-0.4, -0.2) is 9.97 Å². The molecule has 0 spiro atoms. The van der Waals surface area contributed by atoms with Gasteiger partial charge in [-0.25, -0.2) is 9.97 Å². The van der Waals surface area contributed by atoms with E-state index in [9.17, 15) is 0 Å². The van der Waals surface area contributed by atoms with Gasteiger partial charge < -0.3 is 0 Å². The number of hydrogen-bond donors (Lipinski definition) is 0. The summed E-state index contributed by atoms with van der Waals surface area (Å²) in [6.45, 7) is 2.08. The van der Waals surface area contributed by atoms with Crippen LogP contribution >= 0.6 is 0 Å². The molecule has 0 amide bonds. The van der Waals surface area contributed by atoms with Crippen LogP contribution in [0.1, 0.15) is 24.1 Å². The molecule has 3 aromatic carbocycles. The number of benzene rings is 3. The van der Waals surface area contributed by atoms with Crippen LogP contribution in [0.3, 0.4) is 0 Å². The maximum atomic E-state index is 5.04. The fraction of sp³-hybridized carbons (Fsp3) is 0.103. The van der Waals surface area contributed by atoms with Crippen molar-refractivity contribution in [3.05, 3.63) is 102 Å². The van der Waals surface area contributed by atoms with Crippen molar-refractivity contribution in [1.82, 2.24) is 9.97 Å². The first-order valence-corrected chi connectivity index (χ1v) is 10.4. The minimum absolute atomic E-state index is 0.599. The summed E-state index contributed by atoms with van der Waals surface area (Å²) in [5, 5.41) is 2.31. The van der Waals surface area contributed by atoms with Gasteiger partial charge in [0.25, 0.3) is 0 Å². The molecular weight excluding hydrogens is 376 g/mol. The van der Waals surface area contributed by atoms with Crippen LogP contribution in [0.2, 0.25) is 0 Å². The van der Waals surface area contributed by atoms with E-state index in [1.54, 1.807) is 0 Å². The number of hydrogen-bond acceptors (Lipinski definition) is 2. The maximum absolute atomic E-state index is 5.04. The van der Waals surface area contributed by atoms with E-state index in [2.05, 4.69) is 84.8 Å². The van der Waals surface area contributed by atoms with Crippen molar-refractivity contribution in [2.75, 3.05) is 0 Å². The van der Waals surface area contributed by atoms with Gasteiger partial charge in [-0.05, 0) is 23.8 Å². The summed E-state index contributed by atoms with van der Waals surface area (Å²) >= 11 is 0. The van der Waals surface area contributed by atoms with Crippen molar-refractivity contribution >= 4 is 16.3 Å². The summed E-state index contributed by atoms with van der Waals surface area (Å²) in [5.74, 6) is 7.09. The molecule has 146 valence electrons. The largest absolute Gasteiger partial charge is 0.228 e. The summed E-state index contributed by atoms with van der Waals surface area (Å²) in [6.07, 6.45) is 3.22. The van der Waals surface area contributed by atoms with Crippen molar-refractivity contribution in [3.8, 4) is 34.5 Å². The molecule has 1 aliphatic carbocycles. The second-order valence-corrected chi connectivity index (χ2v) is 7.45. The van der Waals surface area contributed by atoms with Crippen LogP contribution in [0.15, 0.2) is 90.3 Å². The molecular formula is C29H20N2. The van der Waals surface area contributed by atoms with Crippen molar-refractivity contribution in [3.63, 3.8) is 0 Å². The zero-order valence-corrected chi connectivity index (χ0v) is 17.3. The molecule has 1 heterocycles. The summed E-state index contributed by atoms with van der Waals surface area (Å²) in [4.78, 5) is 10.1. The molecule has 0 radical (unpaired) electrons. The number of nitrogens with zero attached hydrogens (tertiary/aromatic N) is 2. The van der Waals surface area contributed by atoms with E-state index >= 15 is 0 Å². The van der Waals surface area contributed by atoms with Gasteiger partial charge in [0.15, 0.2) is 5.82 Å². The predicted octanol–water partition coefficient (Wildman–Crippen LogP) is 6.76. The second-order valence-electron chi connectivity index (χ2n) is 7.45. The Labute approximate surface area is 182 Å². The second kappa shape index (κ2) is 8.31. The van der Waals surface area contributed by atoms with Crippen LogP contribution in [0, 0.1) is 18.8 Å². The molecule has 2 heteroatoms. The van der Waals surface area contributed by atoms with Crippen LogP contribution in [-0.2, 0) is 0 Å². The molecule has 2 nitrogen and oxygen atoms in total. The SMILES string of the molecule is Cc1c(C2=C=C=CCC#CC2)nc(-c2cccc3ccccc23)nc1-c1ccccc1. The highest BCUT2D eigenvalue weighted by Crippen LogP contribution is 2.33. The zero-order valence-electron chi connectivity index (χ0n) is 17.3. The molecule has 0 fully saturated rings. The normalized spacial score (nSPS) is 12.6. The summed E-state index contributed by atoms with van der Waals surface area (Å²) in [5.41, 5.74) is 12.3. The van der Waals surface area contributed by atoms with Gasteiger partial charge in [-0.3, -0.25) is 0 Å². The third-order valence-electron chi connectivity index (χ3n) is 5.43. The predicted molar refractivity (Wildman–Crippen MR) is 127 cm³/mol. The molecule has 0 aliphatic heterocycles. The smallest absolute Gasteiger partial charge is 0.161 e. The van der Waals surface area contributed by atoms with Gasteiger partial charge in [0.1, 0.15) is 0 Å². The topological polar surface area (TPSA) is 25.8 Å². The molecule has 1 aliphatic rings. The number of fused-ring (bicyclic) bond motifs is 1. The van der Waals surface area contributed by atoms with Gasteiger partial charge in [0.05, 0.1) is 11.4 Å². The highest BCUT2D eigenvalue weighted by Gasteiger charge is 2.17. The average Bonchev–Trinajstić information content (AvgIpc) is 2.80. The summed E-state index contributed by atoms with van der Waals surface area (Å²) in [6, 6.07) is 24.9. The summed E-state index contributed by atoms with van der Waals surface area (Å²) < 4.78 is 0. The molecule has 0 atom stereocenters. The van der Waals surface area contributed by atoms with E-state index in [0.717, 1.165) is 39.0 Å². The standard InChI is InChI=1S/C29H20N2/c1-21-27(23-14-6-3-2-4-7-15-23)30-29(31-28(21)24-16-8-5-9-17-24)26-20-12-18-22-13-10-11-19-25(22)26/h3,5,8-13,16-20H,2,15H2,1H3. The zero-order chi connectivity index (χ0) is 21.0. The third kappa shape index (κ3) is 3.73. The number of allylic oxidation sites excluding steroid dienone is 2. The van der Waals surface area contributed by atoms with Gasteiger partial charge in [-0.15, -0.1) is 0 Å². The molecule has 5 rings (SSSR count). The Hall–Kier alpha value is -4.14. The third-order valence-corrected chi connectivity index (χ3v) is 5.43. The van der Waals surface area contributed by atoms with Crippen LogP contribution in [0.5, 0.6) is 0 Å². The molecule has 0 N–H and O–H groups in total. The van der Waals surface area contributed by atoms with E-state index in [4.69, 9.17) is 9.97 Å². The first-order chi connectivity index (χ1) is 15.3. The Morgan fingerprint density at radius 1 is 0.774 bits per heavy atom. The minimum atomic E-state index is 0.599. The van der Waals surface area contributed by atoms with E-state index in [1.807, 2.05) is 24.3 Å². The lowest BCUT2D eigenvalue weighted by Crippen LogP contribution is -2.03. The Balaban J connectivity index is 1.82. The molecule has 0 saturated heterocycles. The van der Waals surface area contributed by atoms with Gasteiger partial charge in [0, 0.05) is 35.1 Å². The first-order valence-electron chi connectivity index (χ1n) is 10.4. The first kappa shape index (κ1) is 18.9. The fourth-order valence-corrected chi connectivity index (χ4v) is 3.88. The molecule has 31 heavy (non-hydrogen) atoms. The Bertz CT molecular complexity index is 1450. The van der Waals surface area contributed by atoms with Crippen LogP contribution in [0.25, 0.3) is 39.0 Å². The highest BCUT2D eigenvalue weighted by atomic mass is 14.9. The number of rotatable bonds is 3. The Kier molecular flexibility index (Phi) is 5.05. The van der Waals surface area contributed by atoms with Crippen molar-refractivity contribution in [2.45, 2.75) is 19.8 Å². The van der Waals surface area contributed by atoms with Crippen LogP contribution in [0.4, 0.5) is 0 Å². The Morgan fingerprint density at radius 3 is 2.45 bits per heavy atom. The van der Waals surface area contributed by atoms with Crippen molar-refractivity contribution < 1.29 is 0 Å². The monoisotopic (exact) mass is 396 g/mol. The lowest BCUT2D eigenvalue weighted by atomic mass is 9.98. The van der Waals surface area contributed by atoms with Gasteiger partial charge in [-0.2, -0.15) is 0 Å². The molecule has 1 aromatic heterocycles. The van der Waals surface area contributed by atoms with Crippen molar-refractivity contribution in [2.24, 2.45) is 0 Å². The van der Waals surface area contributed by atoms with Gasteiger partial charge >= 0.3 is 0 Å². The van der Waals surface area contributed by atoms with E-state index in [-0.39, 0.29) is 0 Å². The van der Waals surface area contributed by atoms with E-state index < -0.39 is 0 Å². The van der Waals surface area contributed by atoms with E-state index in [1.165, 1.54) is 5.39 Å². The summed E-state index contributed by atoms with van der Waals surface area (Å²) in [7, 11) is 0. The highest BCUT2D eigenvalue weighted by molar-refractivity contribution is 5.95. The lowest BCUT2D eigenvalue weighted by Gasteiger charge is -2.14. The van der Waals surface area contributed by atoms with Crippen molar-refractivity contribution in [1.29, 1.82) is 0 Å².